The third-order valence-electron chi connectivity index (χ3n) is 3.05. The van der Waals surface area contributed by atoms with Crippen LogP contribution >= 0.6 is 0 Å². The van der Waals surface area contributed by atoms with Gasteiger partial charge in [-0.15, -0.1) is 0 Å². The van der Waals surface area contributed by atoms with Crippen molar-refractivity contribution >= 4 is 17.1 Å². The highest BCUT2D eigenvalue weighted by Crippen LogP contribution is 2.17. The van der Waals surface area contributed by atoms with Gasteiger partial charge in [0, 0.05) is 25.8 Å². The predicted molar refractivity (Wildman–Crippen MR) is 63.4 cm³/mol. The predicted octanol–water partition coefficient (Wildman–Crippen LogP) is 0.742. The first-order chi connectivity index (χ1) is 7.84. The lowest BCUT2D eigenvalue weighted by Gasteiger charge is -2.11. The van der Waals surface area contributed by atoms with E-state index in [1.807, 2.05) is 19.2 Å². The van der Waals surface area contributed by atoms with Gasteiger partial charge in [0.25, 0.3) is 0 Å². The van der Waals surface area contributed by atoms with Crippen molar-refractivity contribution < 1.29 is 0 Å². The van der Waals surface area contributed by atoms with E-state index in [-0.39, 0.29) is 0 Å². The zero-order chi connectivity index (χ0) is 11.0. The molecule has 5 heteroatoms. The third-order valence-corrected chi connectivity index (χ3v) is 3.05. The Balaban J connectivity index is 1.94. The Kier molecular flexibility index (Phi) is 2.25. The molecule has 1 fully saturated rings. The van der Waals surface area contributed by atoms with Gasteiger partial charge in [-0.25, -0.2) is 4.98 Å². The van der Waals surface area contributed by atoms with Gasteiger partial charge in [0.2, 0.25) is 5.95 Å². The van der Waals surface area contributed by atoms with Crippen LogP contribution in [-0.2, 0) is 7.05 Å². The van der Waals surface area contributed by atoms with Crippen LogP contribution < -0.4 is 10.6 Å². The molecule has 5 nitrogen and oxygen atoms in total. The number of anilines is 1. The minimum absolute atomic E-state index is 0.482. The minimum Gasteiger partial charge on any atom is -0.352 e. The van der Waals surface area contributed by atoms with Crippen LogP contribution in [0.3, 0.4) is 0 Å². The molecule has 3 heterocycles. The molecular weight excluding hydrogens is 202 g/mol. The van der Waals surface area contributed by atoms with Gasteiger partial charge in [-0.1, -0.05) is 0 Å². The summed E-state index contributed by atoms with van der Waals surface area (Å²) in [7, 11) is 2.02. The summed E-state index contributed by atoms with van der Waals surface area (Å²) in [6.45, 7) is 2.09. The summed E-state index contributed by atoms with van der Waals surface area (Å²) in [5, 5.41) is 6.78. The number of hydrogen-bond donors (Lipinski definition) is 2. The van der Waals surface area contributed by atoms with Crippen molar-refractivity contribution in [1.29, 1.82) is 0 Å². The first-order valence-corrected chi connectivity index (χ1v) is 5.59. The highest BCUT2D eigenvalue weighted by atomic mass is 15.2. The number of hydrogen-bond acceptors (Lipinski definition) is 4. The quantitative estimate of drug-likeness (QED) is 0.779. The summed E-state index contributed by atoms with van der Waals surface area (Å²) in [6.07, 6.45) is 2.92. The fourth-order valence-electron chi connectivity index (χ4n) is 2.12. The molecule has 84 valence electrons. The number of rotatable bonds is 2. The second-order valence-corrected chi connectivity index (χ2v) is 4.17. The minimum atomic E-state index is 0.482. The van der Waals surface area contributed by atoms with E-state index in [0.717, 1.165) is 36.6 Å². The van der Waals surface area contributed by atoms with E-state index in [0.29, 0.717) is 6.04 Å². The number of imidazole rings is 1. The van der Waals surface area contributed by atoms with Gasteiger partial charge in [0.05, 0.1) is 5.52 Å². The number of pyridine rings is 1. The molecule has 1 saturated heterocycles. The van der Waals surface area contributed by atoms with Gasteiger partial charge in [-0.3, -0.25) is 0 Å². The molecule has 1 aliphatic heterocycles. The van der Waals surface area contributed by atoms with Crippen molar-refractivity contribution in [1.82, 2.24) is 19.9 Å². The number of nitrogens with zero attached hydrogens (tertiary/aromatic N) is 3. The molecule has 16 heavy (non-hydrogen) atoms. The molecular formula is C11H15N5. The monoisotopic (exact) mass is 217 g/mol. The molecule has 2 N–H and O–H groups in total. The van der Waals surface area contributed by atoms with Crippen LogP contribution in [0.4, 0.5) is 5.95 Å². The lowest BCUT2D eigenvalue weighted by Crippen LogP contribution is -2.23. The van der Waals surface area contributed by atoms with E-state index in [1.54, 1.807) is 6.20 Å². The van der Waals surface area contributed by atoms with Crippen LogP contribution in [0.1, 0.15) is 6.42 Å². The van der Waals surface area contributed by atoms with E-state index in [9.17, 15) is 0 Å². The summed E-state index contributed by atoms with van der Waals surface area (Å²) < 4.78 is 2.06. The second kappa shape index (κ2) is 3.75. The molecule has 1 unspecified atom stereocenters. The molecule has 1 atom stereocenters. The van der Waals surface area contributed by atoms with Crippen molar-refractivity contribution in [3.05, 3.63) is 18.3 Å². The van der Waals surface area contributed by atoms with Crippen molar-refractivity contribution in [3.8, 4) is 0 Å². The van der Waals surface area contributed by atoms with Crippen LogP contribution in [0.15, 0.2) is 18.3 Å². The van der Waals surface area contributed by atoms with Gasteiger partial charge in [-0.2, -0.15) is 4.98 Å². The standard InChI is InChI=1S/C11H15N5/c1-16-9-3-2-5-13-10(9)15-11(16)14-8-4-6-12-7-8/h2-3,5,8,12H,4,6-7H2,1H3,(H,13,14,15). The van der Waals surface area contributed by atoms with Gasteiger partial charge in [-0.05, 0) is 25.1 Å². The Labute approximate surface area is 93.9 Å². The molecule has 0 spiro atoms. The molecule has 2 aromatic rings. The van der Waals surface area contributed by atoms with Crippen molar-refractivity contribution in [2.24, 2.45) is 7.05 Å². The zero-order valence-corrected chi connectivity index (χ0v) is 9.27. The molecule has 0 bridgehead atoms. The van der Waals surface area contributed by atoms with E-state index < -0.39 is 0 Å². The Morgan fingerprint density at radius 1 is 1.56 bits per heavy atom. The molecule has 0 saturated carbocycles. The maximum Gasteiger partial charge on any atom is 0.205 e. The van der Waals surface area contributed by atoms with E-state index >= 15 is 0 Å². The number of nitrogens with one attached hydrogen (secondary N) is 2. The van der Waals surface area contributed by atoms with Crippen molar-refractivity contribution in [3.63, 3.8) is 0 Å². The van der Waals surface area contributed by atoms with Crippen molar-refractivity contribution in [2.75, 3.05) is 18.4 Å². The summed E-state index contributed by atoms with van der Waals surface area (Å²) in [5.74, 6) is 0.905. The second-order valence-electron chi connectivity index (χ2n) is 4.17. The van der Waals surface area contributed by atoms with Crippen LogP contribution in [-0.4, -0.2) is 33.7 Å². The maximum absolute atomic E-state index is 4.49. The Hall–Kier alpha value is -1.62. The van der Waals surface area contributed by atoms with Gasteiger partial charge >= 0.3 is 0 Å². The van der Waals surface area contributed by atoms with Crippen LogP contribution in [0, 0.1) is 0 Å². The molecule has 3 rings (SSSR count). The fraction of sp³-hybridized carbons (Fsp3) is 0.455. The van der Waals surface area contributed by atoms with E-state index in [1.165, 1.54) is 0 Å². The first kappa shape index (κ1) is 9.59. The van der Waals surface area contributed by atoms with Gasteiger partial charge in [0.1, 0.15) is 0 Å². The average molecular weight is 217 g/mol. The Morgan fingerprint density at radius 3 is 3.25 bits per heavy atom. The normalized spacial score (nSPS) is 20.4. The van der Waals surface area contributed by atoms with Crippen molar-refractivity contribution in [2.45, 2.75) is 12.5 Å². The third kappa shape index (κ3) is 1.53. The highest BCUT2D eigenvalue weighted by molar-refractivity contribution is 5.74. The van der Waals surface area contributed by atoms with Crippen LogP contribution in [0.25, 0.3) is 11.2 Å². The lowest BCUT2D eigenvalue weighted by atomic mass is 10.3. The molecule has 0 aromatic carbocycles. The smallest absolute Gasteiger partial charge is 0.205 e. The molecule has 1 aliphatic rings. The first-order valence-electron chi connectivity index (χ1n) is 5.59. The Morgan fingerprint density at radius 2 is 2.50 bits per heavy atom. The average Bonchev–Trinajstić information content (AvgIpc) is 2.90. The SMILES string of the molecule is Cn1c(NC2CCNC2)nc2ncccc21. The number of aromatic nitrogens is 3. The summed E-state index contributed by atoms with van der Waals surface area (Å²) in [5.41, 5.74) is 1.87. The Bertz CT molecular complexity index is 498. The van der Waals surface area contributed by atoms with Gasteiger partial charge < -0.3 is 15.2 Å². The largest absolute Gasteiger partial charge is 0.352 e. The number of fused-ring (bicyclic) bond motifs is 1. The highest BCUT2D eigenvalue weighted by Gasteiger charge is 2.17. The molecule has 2 aromatic heterocycles. The summed E-state index contributed by atoms with van der Waals surface area (Å²) >= 11 is 0. The number of aryl methyl sites for hydroxylation is 1. The van der Waals surface area contributed by atoms with Crippen LogP contribution in [0.2, 0.25) is 0 Å². The van der Waals surface area contributed by atoms with Crippen LogP contribution in [0.5, 0.6) is 0 Å². The van der Waals surface area contributed by atoms with E-state index in [2.05, 4.69) is 25.2 Å². The summed E-state index contributed by atoms with van der Waals surface area (Å²) in [6, 6.07) is 4.45. The van der Waals surface area contributed by atoms with E-state index in [4.69, 9.17) is 0 Å². The summed E-state index contributed by atoms with van der Waals surface area (Å²) in [4.78, 5) is 8.74. The zero-order valence-electron chi connectivity index (χ0n) is 9.27. The van der Waals surface area contributed by atoms with Gasteiger partial charge in [0.15, 0.2) is 5.65 Å². The molecule has 0 aliphatic carbocycles. The molecule has 0 radical (unpaired) electrons. The lowest BCUT2D eigenvalue weighted by molar-refractivity contribution is 0.768. The maximum atomic E-state index is 4.49. The topological polar surface area (TPSA) is 54.8 Å². The molecule has 0 amide bonds. The fourth-order valence-corrected chi connectivity index (χ4v) is 2.12.